The monoisotopic (exact) mass is 465 g/mol. The van der Waals surface area contributed by atoms with Gasteiger partial charge in [-0.3, -0.25) is 9.48 Å². The highest BCUT2D eigenvalue weighted by molar-refractivity contribution is 6.32. The number of amides is 1. The van der Waals surface area contributed by atoms with E-state index in [0.29, 0.717) is 40.3 Å². The van der Waals surface area contributed by atoms with E-state index in [4.69, 9.17) is 27.9 Å². The van der Waals surface area contributed by atoms with Crippen LogP contribution in [0.4, 0.5) is 5.82 Å². The Balaban J connectivity index is 1.38. The average Bonchev–Trinajstić information content (AvgIpc) is 3.21. The van der Waals surface area contributed by atoms with Gasteiger partial charge >= 0.3 is 0 Å². The van der Waals surface area contributed by atoms with Crippen LogP contribution in [0.5, 0.6) is 5.75 Å². The topological polar surface area (TPSA) is 56.1 Å². The predicted molar refractivity (Wildman–Crippen MR) is 128 cm³/mol. The third kappa shape index (κ3) is 5.69. The van der Waals surface area contributed by atoms with Gasteiger partial charge in [0.1, 0.15) is 12.4 Å². The maximum absolute atomic E-state index is 12.7. The summed E-state index contributed by atoms with van der Waals surface area (Å²) >= 11 is 12.2. The third-order valence-electron chi connectivity index (χ3n) is 4.79. The molecule has 4 rings (SSSR count). The minimum absolute atomic E-state index is 0.242. The van der Waals surface area contributed by atoms with E-state index in [1.165, 1.54) is 0 Å². The molecule has 7 heteroatoms. The van der Waals surface area contributed by atoms with Crippen molar-refractivity contribution in [2.45, 2.75) is 20.1 Å². The lowest BCUT2D eigenvalue weighted by Gasteiger charge is -2.10. The smallest absolute Gasteiger partial charge is 0.256 e. The van der Waals surface area contributed by atoms with Crippen LogP contribution in [0, 0.1) is 6.92 Å². The number of carbonyl (C=O) groups is 1. The zero-order valence-corrected chi connectivity index (χ0v) is 18.9. The van der Waals surface area contributed by atoms with E-state index in [2.05, 4.69) is 10.4 Å². The summed E-state index contributed by atoms with van der Waals surface area (Å²) in [5.41, 5.74) is 3.47. The molecule has 0 aliphatic rings. The number of nitrogens with zero attached hydrogens (tertiary/aromatic N) is 2. The molecule has 0 saturated carbocycles. The van der Waals surface area contributed by atoms with Crippen molar-refractivity contribution in [1.82, 2.24) is 9.78 Å². The van der Waals surface area contributed by atoms with Crippen LogP contribution >= 0.6 is 23.2 Å². The molecule has 3 aromatic carbocycles. The van der Waals surface area contributed by atoms with Crippen molar-refractivity contribution in [1.29, 1.82) is 0 Å². The Morgan fingerprint density at radius 1 is 1.00 bits per heavy atom. The van der Waals surface area contributed by atoms with Crippen LogP contribution < -0.4 is 10.1 Å². The minimum Gasteiger partial charge on any atom is -0.487 e. The number of halogens is 2. The summed E-state index contributed by atoms with van der Waals surface area (Å²) < 4.78 is 7.58. The van der Waals surface area contributed by atoms with E-state index >= 15 is 0 Å². The van der Waals surface area contributed by atoms with Crippen molar-refractivity contribution in [2.75, 3.05) is 5.32 Å². The summed E-state index contributed by atoms with van der Waals surface area (Å²) in [5.74, 6) is 0.852. The number of ether oxygens (including phenoxy) is 1. The predicted octanol–water partition coefficient (Wildman–Crippen LogP) is 6.38. The maximum Gasteiger partial charge on any atom is 0.256 e. The number of hydrogen-bond donors (Lipinski definition) is 1. The van der Waals surface area contributed by atoms with Crippen molar-refractivity contribution in [3.63, 3.8) is 0 Å². The van der Waals surface area contributed by atoms with Crippen LogP contribution in [0.25, 0.3) is 0 Å². The number of hydrogen-bond acceptors (Lipinski definition) is 3. The summed E-state index contributed by atoms with van der Waals surface area (Å²) in [6.45, 7) is 2.84. The average molecular weight is 466 g/mol. The van der Waals surface area contributed by atoms with Gasteiger partial charge in [-0.2, -0.15) is 5.10 Å². The van der Waals surface area contributed by atoms with Crippen molar-refractivity contribution >= 4 is 34.9 Å². The zero-order chi connectivity index (χ0) is 22.5. The lowest BCUT2D eigenvalue weighted by atomic mass is 10.1. The molecule has 0 aliphatic heterocycles. The van der Waals surface area contributed by atoms with E-state index in [-0.39, 0.29) is 5.91 Å². The molecule has 0 fully saturated rings. The zero-order valence-electron chi connectivity index (χ0n) is 17.4. The molecule has 0 aliphatic carbocycles. The number of rotatable bonds is 7. The van der Waals surface area contributed by atoms with Gasteiger partial charge in [0.05, 0.1) is 11.6 Å². The molecule has 1 amide bonds. The van der Waals surface area contributed by atoms with Gasteiger partial charge in [-0.15, -0.1) is 0 Å². The fourth-order valence-electron chi connectivity index (χ4n) is 3.21. The number of carbonyl (C=O) groups excluding carboxylic acids is 1. The quantitative estimate of drug-likeness (QED) is 0.344. The van der Waals surface area contributed by atoms with Gasteiger partial charge in [0.15, 0.2) is 5.82 Å². The van der Waals surface area contributed by atoms with Crippen LogP contribution in [-0.4, -0.2) is 15.7 Å². The Labute approximate surface area is 196 Å². The Kier molecular flexibility index (Phi) is 6.78. The number of anilines is 1. The van der Waals surface area contributed by atoms with E-state index in [9.17, 15) is 4.79 Å². The normalized spacial score (nSPS) is 10.7. The molecule has 0 spiro atoms. The SMILES string of the molecule is Cc1ccc(Cl)c(OCc2cccc(C(=O)Nc3ccn(Cc4cccc(Cl)c4)n3)c2)c1. The molecule has 5 nitrogen and oxygen atoms in total. The minimum atomic E-state index is -0.242. The van der Waals surface area contributed by atoms with Gasteiger partial charge in [-0.25, -0.2) is 0 Å². The van der Waals surface area contributed by atoms with E-state index in [1.807, 2.05) is 67.7 Å². The Hall–Kier alpha value is -3.28. The van der Waals surface area contributed by atoms with Crippen molar-refractivity contribution < 1.29 is 9.53 Å². The largest absolute Gasteiger partial charge is 0.487 e. The fourth-order valence-corrected chi connectivity index (χ4v) is 3.60. The van der Waals surface area contributed by atoms with Crippen molar-refractivity contribution in [3.8, 4) is 5.75 Å². The van der Waals surface area contributed by atoms with Gasteiger partial charge in [-0.1, -0.05) is 53.5 Å². The number of nitrogens with one attached hydrogen (secondary N) is 1. The number of benzene rings is 3. The standard InChI is InChI=1S/C25H21Cl2N3O2/c1-17-8-9-22(27)23(12-17)32-16-19-5-2-6-20(13-19)25(31)28-24-10-11-30(29-24)15-18-4-3-7-21(26)14-18/h2-14H,15-16H2,1H3,(H,28,29,31). The fraction of sp³-hybridized carbons (Fsp3) is 0.120. The first-order chi connectivity index (χ1) is 15.5. The Morgan fingerprint density at radius 2 is 1.81 bits per heavy atom. The third-order valence-corrected chi connectivity index (χ3v) is 5.33. The van der Waals surface area contributed by atoms with Crippen LogP contribution in [0.1, 0.15) is 27.0 Å². The summed E-state index contributed by atoms with van der Waals surface area (Å²) in [6.07, 6.45) is 1.81. The summed E-state index contributed by atoms with van der Waals surface area (Å²) in [6, 6.07) is 22.2. The summed E-state index contributed by atoms with van der Waals surface area (Å²) in [4.78, 5) is 12.7. The molecular formula is C25H21Cl2N3O2. The Morgan fingerprint density at radius 3 is 2.66 bits per heavy atom. The van der Waals surface area contributed by atoms with Gasteiger partial charge in [0.2, 0.25) is 0 Å². The second kappa shape index (κ2) is 9.90. The maximum atomic E-state index is 12.7. The number of aromatic nitrogens is 2. The lowest BCUT2D eigenvalue weighted by Crippen LogP contribution is -2.13. The van der Waals surface area contributed by atoms with Crippen LogP contribution in [0.2, 0.25) is 10.0 Å². The van der Waals surface area contributed by atoms with Crippen LogP contribution in [0.3, 0.4) is 0 Å². The first kappa shape index (κ1) is 21.9. The second-order valence-electron chi connectivity index (χ2n) is 7.41. The summed E-state index contributed by atoms with van der Waals surface area (Å²) in [5, 5.41) is 8.48. The van der Waals surface area contributed by atoms with E-state index < -0.39 is 0 Å². The Bertz CT molecular complexity index is 1250. The highest BCUT2D eigenvalue weighted by Crippen LogP contribution is 2.26. The van der Waals surface area contributed by atoms with Crippen LogP contribution in [-0.2, 0) is 13.2 Å². The molecule has 0 saturated heterocycles. The van der Waals surface area contributed by atoms with Gasteiger partial charge in [0.25, 0.3) is 5.91 Å². The van der Waals surface area contributed by atoms with Crippen molar-refractivity contribution in [3.05, 3.63) is 111 Å². The molecule has 1 heterocycles. The first-order valence-corrected chi connectivity index (χ1v) is 10.8. The van der Waals surface area contributed by atoms with Crippen molar-refractivity contribution in [2.24, 2.45) is 0 Å². The molecular weight excluding hydrogens is 445 g/mol. The first-order valence-electron chi connectivity index (χ1n) is 10.0. The molecule has 1 N–H and O–H groups in total. The van der Waals surface area contributed by atoms with Gasteiger partial charge < -0.3 is 10.1 Å². The molecule has 4 aromatic rings. The molecule has 0 atom stereocenters. The second-order valence-corrected chi connectivity index (χ2v) is 8.25. The summed E-state index contributed by atoms with van der Waals surface area (Å²) in [7, 11) is 0. The highest BCUT2D eigenvalue weighted by atomic mass is 35.5. The van der Waals surface area contributed by atoms with Gasteiger partial charge in [-0.05, 0) is 60.0 Å². The number of aryl methyl sites for hydroxylation is 1. The van der Waals surface area contributed by atoms with Gasteiger partial charge in [0, 0.05) is 22.8 Å². The molecule has 162 valence electrons. The molecule has 0 bridgehead atoms. The highest BCUT2D eigenvalue weighted by Gasteiger charge is 2.10. The van der Waals surface area contributed by atoms with E-state index in [1.54, 1.807) is 22.9 Å². The molecule has 1 aromatic heterocycles. The van der Waals surface area contributed by atoms with Crippen LogP contribution in [0.15, 0.2) is 79.0 Å². The van der Waals surface area contributed by atoms with E-state index in [0.717, 1.165) is 16.7 Å². The lowest BCUT2D eigenvalue weighted by molar-refractivity contribution is 0.102. The molecule has 0 radical (unpaired) electrons. The molecule has 32 heavy (non-hydrogen) atoms. The molecule has 0 unspecified atom stereocenters.